The van der Waals surface area contributed by atoms with Gasteiger partial charge in [0.2, 0.25) is 0 Å². The molecule has 1 aromatic carbocycles. The molecule has 0 amide bonds. The van der Waals surface area contributed by atoms with Gasteiger partial charge in [-0.2, -0.15) is 5.10 Å². The normalized spacial score (nSPS) is 9.74. The summed E-state index contributed by atoms with van der Waals surface area (Å²) in [4.78, 5) is 10.7. The van der Waals surface area contributed by atoms with Crippen LogP contribution >= 0.6 is 11.8 Å². The fourth-order valence-corrected chi connectivity index (χ4v) is 2.02. The SMILES string of the molecule is CC(=O)SCCC#Cc1ccc(-n2cccn2)cc1. The highest BCUT2D eigenvalue weighted by Gasteiger charge is 1.95. The molecule has 19 heavy (non-hydrogen) atoms. The van der Waals surface area contributed by atoms with Crippen LogP contribution in [0.25, 0.3) is 5.69 Å². The molecule has 96 valence electrons. The number of thioether (sulfide) groups is 1. The maximum Gasteiger partial charge on any atom is 0.185 e. The van der Waals surface area contributed by atoms with Gasteiger partial charge in [0.25, 0.3) is 0 Å². The van der Waals surface area contributed by atoms with E-state index in [4.69, 9.17) is 0 Å². The lowest BCUT2D eigenvalue weighted by atomic mass is 10.2. The number of hydrogen-bond donors (Lipinski definition) is 0. The Bertz CT molecular complexity index is 591. The highest BCUT2D eigenvalue weighted by Crippen LogP contribution is 2.08. The van der Waals surface area contributed by atoms with Crippen molar-refractivity contribution in [2.24, 2.45) is 0 Å². The second kappa shape index (κ2) is 6.81. The Balaban J connectivity index is 1.92. The lowest BCUT2D eigenvalue weighted by Crippen LogP contribution is -1.93. The van der Waals surface area contributed by atoms with Crippen molar-refractivity contribution in [2.75, 3.05) is 5.75 Å². The van der Waals surface area contributed by atoms with Gasteiger partial charge >= 0.3 is 0 Å². The van der Waals surface area contributed by atoms with Gasteiger partial charge in [-0.3, -0.25) is 4.79 Å². The van der Waals surface area contributed by atoms with Crippen LogP contribution < -0.4 is 0 Å². The number of nitrogens with zero attached hydrogens (tertiary/aromatic N) is 2. The number of hydrogen-bond acceptors (Lipinski definition) is 3. The zero-order chi connectivity index (χ0) is 13.5. The molecular weight excluding hydrogens is 256 g/mol. The van der Waals surface area contributed by atoms with E-state index in [2.05, 4.69) is 16.9 Å². The summed E-state index contributed by atoms with van der Waals surface area (Å²) in [6, 6.07) is 9.81. The summed E-state index contributed by atoms with van der Waals surface area (Å²) in [6.07, 6.45) is 4.38. The lowest BCUT2D eigenvalue weighted by Gasteiger charge is -2.00. The molecule has 1 aromatic heterocycles. The van der Waals surface area contributed by atoms with Crippen molar-refractivity contribution in [1.82, 2.24) is 9.78 Å². The van der Waals surface area contributed by atoms with Gasteiger partial charge in [-0.05, 0) is 30.3 Å². The van der Waals surface area contributed by atoms with E-state index in [0.717, 1.165) is 23.4 Å². The van der Waals surface area contributed by atoms with Gasteiger partial charge in [-0.15, -0.1) is 0 Å². The lowest BCUT2D eigenvalue weighted by molar-refractivity contribution is -0.109. The Morgan fingerprint density at radius 3 is 2.79 bits per heavy atom. The minimum absolute atomic E-state index is 0.144. The van der Waals surface area contributed by atoms with Crippen molar-refractivity contribution in [3.05, 3.63) is 48.3 Å². The Labute approximate surface area is 117 Å². The maximum absolute atomic E-state index is 10.7. The third-order valence-electron chi connectivity index (χ3n) is 2.40. The summed E-state index contributed by atoms with van der Waals surface area (Å²) in [5, 5.41) is 4.31. The van der Waals surface area contributed by atoms with Crippen molar-refractivity contribution in [3.63, 3.8) is 0 Å². The number of carbonyl (C=O) groups excluding carboxylic acids is 1. The topological polar surface area (TPSA) is 34.9 Å². The number of rotatable bonds is 3. The molecule has 3 nitrogen and oxygen atoms in total. The van der Waals surface area contributed by atoms with Crippen LogP contribution in [0.2, 0.25) is 0 Å². The predicted octanol–water partition coefficient (Wildman–Crippen LogP) is 2.89. The first-order chi connectivity index (χ1) is 9.25. The van der Waals surface area contributed by atoms with Crippen LogP contribution in [-0.2, 0) is 4.79 Å². The number of benzene rings is 1. The summed E-state index contributed by atoms with van der Waals surface area (Å²) in [5.74, 6) is 6.91. The highest BCUT2D eigenvalue weighted by molar-refractivity contribution is 8.13. The molecule has 1 heterocycles. The summed E-state index contributed by atoms with van der Waals surface area (Å²) >= 11 is 1.31. The van der Waals surface area contributed by atoms with Crippen LogP contribution in [0, 0.1) is 11.8 Å². The fourth-order valence-electron chi connectivity index (χ4n) is 1.53. The minimum Gasteiger partial charge on any atom is -0.288 e. The molecule has 0 radical (unpaired) electrons. The van der Waals surface area contributed by atoms with Crippen LogP contribution in [0.5, 0.6) is 0 Å². The van der Waals surface area contributed by atoms with Crippen LogP contribution in [0.4, 0.5) is 0 Å². The average molecular weight is 270 g/mol. The van der Waals surface area contributed by atoms with Gasteiger partial charge in [0.1, 0.15) is 0 Å². The Morgan fingerprint density at radius 2 is 2.16 bits per heavy atom. The summed E-state index contributed by atoms with van der Waals surface area (Å²) < 4.78 is 1.81. The molecule has 2 rings (SSSR count). The highest BCUT2D eigenvalue weighted by atomic mass is 32.2. The quantitative estimate of drug-likeness (QED) is 0.635. The van der Waals surface area contributed by atoms with Gasteiger partial charge < -0.3 is 0 Å². The third kappa shape index (κ3) is 4.31. The van der Waals surface area contributed by atoms with Crippen molar-refractivity contribution < 1.29 is 4.79 Å². The van der Waals surface area contributed by atoms with E-state index >= 15 is 0 Å². The molecule has 0 saturated heterocycles. The molecule has 4 heteroatoms. The molecule has 0 aliphatic carbocycles. The zero-order valence-corrected chi connectivity index (χ0v) is 11.5. The van der Waals surface area contributed by atoms with E-state index in [1.165, 1.54) is 11.8 Å². The molecule has 0 bridgehead atoms. The zero-order valence-electron chi connectivity index (χ0n) is 10.7. The van der Waals surface area contributed by atoms with Crippen molar-refractivity contribution in [2.45, 2.75) is 13.3 Å². The van der Waals surface area contributed by atoms with Gasteiger partial charge in [-0.1, -0.05) is 23.6 Å². The molecule has 0 N–H and O–H groups in total. The Morgan fingerprint density at radius 1 is 1.37 bits per heavy atom. The van der Waals surface area contributed by atoms with Crippen molar-refractivity contribution in [3.8, 4) is 17.5 Å². The van der Waals surface area contributed by atoms with E-state index in [1.807, 2.05) is 36.5 Å². The van der Waals surface area contributed by atoms with E-state index < -0.39 is 0 Å². The molecule has 0 fully saturated rings. The fraction of sp³-hybridized carbons (Fsp3) is 0.200. The minimum atomic E-state index is 0.144. The predicted molar refractivity (Wildman–Crippen MR) is 78.2 cm³/mol. The van der Waals surface area contributed by atoms with Gasteiger partial charge in [0.05, 0.1) is 5.69 Å². The number of carbonyl (C=O) groups is 1. The van der Waals surface area contributed by atoms with E-state index in [1.54, 1.807) is 17.8 Å². The Hall–Kier alpha value is -1.99. The summed E-state index contributed by atoms with van der Waals surface area (Å²) in [7, 11) is 0. The maximum atomic E-state index is 10.7. The molecule has 0 aliphatic heterocycles. The van der Waals surface area contributed by atoms with Crippen molar-refractivity contribution in [1.29, 1.82) is 0 Å². The van der Waals surface area contributed by atoms with E-state index in [-0.39, 0.29) is 5.12 Å². The van der Waals surface area contributed by atoms with Gasteiger partial charge in [-0.25, -0.2) is 4.68 Å². The molecule has 2 aromatic rings. The van der Waals surface area contributed by atoms with Crippen LogP contribution in [0.1, 0.15) is 18.9 Å². The monoisotopic (exact) mass is 270 g/mol. The summed E-state index contributed by atoms with van der Waals surface area (Å²) in [5.41, 5.74) is 1.99. The first kappa shape index (κ1) is 13.4. The van der Waals surface area contributed by atoms with Gasteiger partial charge in [0.15, 0.2) is 5.12 Å². The largest absolute Gasteiger partial charge is 0.288 e. The molecule has 0 unspecified atom stereocenters. The summed E-state index contributed by atoms with van der Waals surface area (Å²) in [6.45, 7) is 1.58. The first-order valence-electron chi connectivity index (χ1n) is 5.98. The molecule has 0 aliphatic rings. The number of aromatic nitrogens is 2. The van der Waals surface area contributed by atoms with Gasteiger partial charge in [0, 0.05) is 37.1 Å². The molecule has 0 atom stereocenters. The third-order valence-corrected chi connectivity index (χ3v) is 3.22. The molecular formula is C15H14N2OS. The van der Waals surface area contributed by atoms with E-state index in [9.17, 15) is 4.79 Å². The second-order valence-corrected chi connectivity index (χ2v) is 5.16. The smallest absolute Gasteiger partial charge is 0.185 e. The Kier molecular flexibility index (Phi) is 4.82. The molecule has 0 spiro atoms. The van der Waals surface area contributed by atoms with Crippen LogP contribution in [-0.4, -0.2) is 20.6 Å². The second-order valence-electron chi connectivity index (χ2n) is 3.89. The standard InChI is InChI=1S/C15H14N2OS/c1-13(18)19-12-3-2-5-14-6-8-15(9-7-14)17-11-4-10-16-17/h4,6-11H,3,12H2,1H3. The van der Waals surface area contributed by atoms with Crippen molar-refractivity contribution >= 4 is 16.9 Å². The average Bonchev–Trinajstić information content (AvgIpc) is 2.93. The van der Waals surface area contributed by atoms with Crippen LogP contribution in [0.15, 0.2) is 42.7 Å². The first-order valence-corrected chi connectivity index (χ1v) is 6.96. The molecule has 0 saturated carbocycles. The van der Waals surface area contributed by atoms with E-state index in [0.29, 0.717) is 0 Å². The van der Waals surface area contributed by atoms with Crippen LogP contribution in [0.3, 0.4) is 0 Å².